The number of hydrogen-bond acceptors (Lipinski definition) is 6. The van der Waals surface area contributed by atoms with Crippen molar-refractivity contribution in [3.8, 4) is 5.75 Å². The van der Waals surface area contributed by atoms with E-state index in [0.29, 0.717) is 11.8 Å². The van der Waals surface area contributed by atoms with E-state index in [9.17, 15) is 0 Å². The number of benzene rings is 2. The van der Waals surface area contributed by atoms with Crippen molar-refractivity contribution in [2.45, 2.75) is 32.6 Å². The monoisotopic (exact) mass is 377 g/mol. The first-order valence-corrected chi connectivity index (χ1v) is 9.39. The number of nitrogens with one attached hydrogen (secondary N) is 2. The van der Waals surface area contributed by atoms with E-state index in [1.165, 1.54) is 11.1 Å². The number of methoxy groups -OCH3 is 1. The molecule has 2 N–H and O–H groups in total. The molecular weight excluding hydrogens is 350 g/mol. The van der Waals surface area contributed by atoms with Crippen LogP contribution in [0.4, 0.5) is 17.5 Å². The van der Waals surface area contributed by atoms with Gasteiger partial charge in [0.25, 0.3) is 0 Å². The standard InChI is InChI=1S/C22H27N5O/c1-22(2,3)18-10-5-6-11-19(18)25-21-26-20(15-24-27-21)23-13-12-16-8-7-9-17(14-16)28-4/h5-11,14-15H,12-13H2,1-4H3,(H2,23,25,26,27). The average molecular weight is 377 g/mol. The summed E-state index contributed by atoms with van der Waals surface area (Å²) in [4.78, 5) is 4.54. The van der Waals surface area contributed by atoms with Gasteiger partial charge in [-0.3, -0.25) is 0 Å². The number of anilines is 3. The van der Waals surface area contributed by atoms with Crippen LogP contribution >= 0.6 is 0 Å². The third-order valence-corrected chi connectivity index (χ3v) is 4.39. The Hall–Kier alpha value is -3.15. The third kappa shape index (κ3) is 5.19. The Morgan fingerprint density at radius 2 is 1.86 bits per heavy atom. The van der Waals surface area contributed by atoms with Crippen molar-refractivity contribution in [3.63, 3.8) is 0 Å². The molecule has 2 aromatic carbocycles. The minimum absolute atomic E-state index is 0.0175. The summed E-state index contributed by atoms with van der Waals surface area (Å²) in [5.74, 6) is 2.03. The number of nitrogens with zero attached hydrogens (tertiary/aromatic N) is 3. The molecule has 0 spiro atoms. The quantitative estimate of drug-likeness (QED) is 0.628. The van der Waals surface area contributed by atoms with Gasteiger partial charge in [-0.1, -0.05) is 51.1 Å². The Kier molecular flexibility index (Phi) is 6.09. The average Bonchev–Trinajstić information content (AvgIpc) is 2.68. The molecule has 0 radical (unpaired) electrons. The molecule has 0 unspecified atom stereocenters. The second-order valence-corrected chi connectivity index (χ2v) is 7.61. The van der Waals surface area contributed by atoms with E-state index in [-0.39, 0.29) is 5.41 Å². The molecule has 28 heavy (non-hydrogen) atoms. The summed E-state index contributed by atoms with van der Waals surface area (Å²) in [6.45, 7) is 7.29. The maximum absolute atomic E-state index is 5.27. The van der Waals surface area contributed by atoms with Gasteiger partial charge in [0.15, 0.2) is 5.82 Å². The zero-order valence-electron chi connectivity index (χ0n) is 16.9. The zero-order valence-corrected chi connectivity index (χ0v) is 16.9. The van der Waals surface area contributed by atoms with Crippen LogP contribution in [0.15, 0.2) is 54.7 Å². The molecule has 0 amide bonds. The molecule has 0 bridgehead atoms. The highest BCUT2D eigenvalue weighted by Gasteiger charge is 2.18. The maximum atomic E-state index is 5.27. The number of hydrogen-bond donors (Lipinski definition) is 2. The Morgan fingerprint density at radius 3 is 2.64 bits per heavy atom. The summed E-state index contributed by atoms with van der Waals surface area (Å²) in [7, 11) is 1.68. The topological polar surface area (TPSA) is 72.0 Å². The molecular formula is C22H27N5O. The number of ether oxygens (including phenoxy) is 1. The second-order valence-electron chi connectivity index (χ2n) is 7.61. The fraction of sp³-hybridized carbons (Fsp3) is 0.318. The highest BCUT2D eigenvalue weighted by molar-refractivity contribution is 5.60. The molecule has 0 atom stereocenters. The van der Waals surface area contributed by atoms with Crippen LogP contribution in [0.3, 0.4) is 0 Å². The van der Waals surface area contributed by atoms with Gasteiger partial charge >= 0.3 is 0 Å². The molecule has 3 aromatic rings. The summed E-state index contributed by atoms with van der Waals surface area (Å²) in [6.07, 6.45) is 2.49. The lowest BCUT2D eigenvalue weighted by molar-refractivity contribution is 0.414. The lowest BCUT2D eigenvalue weighted by atomic mass is 9.86. The van der Waals surface area contributed by atoms with Gasteiger partial charge < -0.3 is 15.4 Å². The van der Waals surface area contributed by atoms with E-state index in [2.05, 4.69) is 58.7 Å². The molecule has 0 saturated heterocycles. The molecule has 6 nitrogen and oxygen atoms in total. The summed E-state index contributed by atoms with van der Waals surface area (Å²) in [5.41, 5.74) is 3.41. The van der Waals surface area contributed by atoms with E-state index < -0.39 is 0 Å². The van der Waals surface area contributed by atoms with Crippen molar-refractivity contribution < 1.29 is 4.74 Å². The van der Waals surface area contributed by atoms with Gasteiger partial charge in [0.1, 0.15) is 5.75 Å². The van der Waals surface area contributed by atoms with Gasteiger partial charge in [-0.25, -0.2) is 0 Å². The van der Waals surface area contributed by atoms with Crippen LogP contribution in [0.5, 0.6) is 5.75 Å². The summed E-state index contributed by atoms with van der Waals surface area (Å²) < 4.78 is 5.27. The molecule has 0 aliphatic carbocycles. The maximum Gasteiger partial charge on any atom is 0.249 e. The lowest BCUT2D eigenvalue weighted by Crippen LogP contribution is -2.14. The molecule has 1 heterocycles. The SMILES string of the molecule is COc1cccc(CCNc2cnnc(Nc3ccccc3C(C)(C)C)n2)c1. The molecule has 6 heteroatoms. The lowest BCUT2D eigenvalue weighted by Gasteiger charge is -2.22. The fourth-order valence-electron chi connectivity index (χ4n) is 2.97. The van der Waals surface area contributed by atoms with Crippen LogP contribution in [-0.2, 0) is 11.8 Å². The van der Waals surface area contributed by atoms with Crippen LogP contribution in [0.2, 0.25) is 0 Å². The molecule has 3 rings (SSSR count). The van der Waals surface area contributed by atoms with Crippen LogP contribution in [0.1, 0.15) is 31.9 Å². The van der Waals surface area contributed by atoms with Crippen molar-refractivity contribution in [2.75, 3.05) is 24.3 Å². The first kappa shape index (κ1) is 19.6. The normalized spacial score (nSPS) is 11.1. The highest BCUT2D eigenvalue weighted by atomic mass is 16.5. The van der Waals surface area contributed by atoms with Crippen molar-refractivity contribution in [3.05, 3.63) is 65.9 Å². The molecule has 0 saturated carbocycles. The third-order valence-electron chi connectivity index (χ3n) is 4.39. The predicted octanol–water partition coefficient (Wildman–Crippen LogP) is 4.58. The van der Waals surface area contributed by atoms with Gasteiger partial charge in [0, 0.05) is 12.2 Å². The smallest absolute Gasteiger partial charge is 0.249 e. The minimum Gasteiger partial charge on any atom is -0.497 e. The molecule has 0 aliphatic heterocycles. The fourth-order valence-corrected chi connectivity index (χ4v) is 2.97. The molecule has 146 valence electrons. The van der Waals surface area contributed by atoms with E-state index in [0.717, 1.165) is 24.4 Å². The Morgan fingerprint density at radius 1 is 1.04 bits per heavy atom. The first-order chi connectivity index (χ1) is 13.5. The van der Waals surface area contributed by atoms with Crippen LogP contribution in [0.25, 0.3) is 0 Å². The van der Waals surface area contributed by atoms with Crippen LogP contribution in [0, 0.1) is 0 Å². The number of rotatable bonds is 7. The van der Waals surface area contributed by atoms with Crippen molar-refractivity contribution in [1.82, 2.24) is 15.2 Å². The highest BCUT2D eigenvalue weighted by Crippen LogP contribution is 2.30. The summed E-state index contributed by atoms with van der Waals surface area (Å²) in [5, 5.41) is 14.8. The van der Waals surface area contributed by atoms with Gasteiger partial charge in [-0.05, 0) is 41.2 Å². The summed E-state index contributed by atoms with van der Waals surface area (Å²) >= 11 is 0. The minimum atomic E-state index is 0.0175. The Labute approximate surface area is 166 Å². The van der Waals surface area contributed by atoms with E-state index in [4.69, 9.17) is 4.74 Å². The number of para-hydroxylation sites is 1. The largest absolute Gasteiger partial charge is 0.497 e. The Balaban J connectivity index is 1.65. The summed E-state index contributed by atoms with van der Waals surface area (Å²) in [6, 6.07) is 16.3. The zero-order chi connectivity index (χ0) is 20.0. The van der Waals surface area contributed by atoms with Crippen LogP contribution < -0.4 is 15.4 Å². The van der Waals surface area contributed by atoms with E-state index in [1.807, 2.05) is 36.4 Å². The number of aromatic nitrogens is 3. The van der Waals surface area contributed by atoms with Crippen LogP contribution in [-0.4, -0.2) is 28.8 Å². The second kappa shape index (κ2) is 8.69. The molecule has 0 fully saturated rings. The predicted molar refractivity (Wildman–Crippen MR) is 113 cm³/mol. The van der Waals surface area contributed by atoms with Gasteiger partial charge in [-0.15, -0.1) is 5.10 Å². The van der Waals surface area contributed by atoms with E-state index >= 15 is 0 Å². The first-order valence-electron chi connectivity index (χ1n) is 9.39. The molecule has 1 aromatic heterocycles. The van der Waals surface area contributed by atoms with Gasteiger partial charge in [0.05, 0.1) is 13.3 Å². The van der Waals surface area contributed by atoms with E-state index in [1.54, 1.807) is 13.3 Å². The Bertz CT molecular complexity index is 921. The molecule has 0 aliphatic rings. The van der Waals surface area contributed by atoms with Gasteiger partial charge in [0.2, 0.25) is 5.95 Å². The van der Waals surface area contributed by atoms with Gasteiger partial charge in [-0.2, -0.15) is 10.1 Å². The van der Waals surface area contributed by atoms with Crippen molar-refractivity contribution in [2.24, 2.45) is 0 Å². The van der Waals surface area contributed by atoms with Crippen molar-refractivity contribution in [1.29, 1.82) is 0 Å². The van der Waals surface area contributed by atoms with Crippen molar-refractivity contribution >= 4 is 17.5 Å².